The lowest BCUT2D eigenvalue weighted by atomic mass is 10.1. The summed E-state index contributed by atoms with van der Waals surface area (Å²) in [6.07, 6.45) is 0.395. The van der Waals surface area contributed by atoms with Gasteiger partial charge in [-0.1, -0.05) is 0 Å². The molecule has 1 saturated carbocycles. The quantitative estimate of drug-likeness (QED) is 0.716. The summed E-state index contributed by atoms with van der Waals surface area (Å²) in [7, 11) is 0. The molecule has 0 radical (unpaired) electrons. The number of halogens is 2. The molecule has 0 aromatic heterocycles. The van der Waals surface area contributed by atoms with Crippen LogP contribution in [-0.2, 0) is 9.53 Å². The number of hydrogen-bond acceptors (Lipinski definition) is 2. The number of fused-ring (bicyclic) bond motifs is 1. The predicted molar refractivity (Wildman–Crippen MR) is 38.6 cm³/mol. The number of ether oxygens (including phenoxy) is 1. The number of aliphatic carboxylic acids is 1. The van der Waals surface area contributed by atoms with Crippen LogP contribution in [0.4, 0.5) is 8.78 Å². The molecule has 1 aliphatic carbocycles. The van der Waals surface area contributed by atoms with E-state index in [2.05, 4.69) is 0 Å². The van der Waals surface area contributed by atoms with E-state index < -0.39 is 29.8 Å². The fourth-order valence-corrected chi connectivity index (χ4v) is 2.18. The number of hydrogen-bond donors (Lipinski definition) is 1. The van der Waals surface area contributed by atoms with Gasteiger partial charge in [-0.2, -0.15) is 0 Å². The summed E-state index contributed by atoms with van der Waals surface area (Å²) in [5, 5.41) is 8.48. The SMILES string of the molecule is O=C(O)CC12OCCCC1C2(F)F. The van der Waals surface area contributed by atoms with E-state index in [-0.39, 0.29) is 6.61 Å². The van der Waals surface area contributed by atoms with Crippen molar-refractivity contribution in [1.29, 1.82) is 0 Å². The lowest BCUT2D eigenvalue weighted by Gasteiger charge is -2.19. The summed E-state index contributed by atoms with van der Waals surface area (Å²) in [4.78, 5) is 10.4. The predicted octanol–water partition coefficient (Wildman–Crippen LogP) is 1.28. The monoisotopic (exact) mass is 192 g/mol. The third kappa shape index (κ3) is 0.995. The maximum absolute atomic E-state index is 13.1. The van der Waals surface area contributed by atoms with Gasteiger partial charge in [-0.3, -0.25) is 4.79 Å². The Morgan fingerprint density at radius 2 is 2.31 bits per heavy atom. The molecule has 1 heterocycles. The van der Waals surface area contributed by atoms with Crippen molar-refractivity contribution in [3.8, 4) is 0 Å². The van der Waals surface area contributed by atoms with E-state index in [1.807, 2.05) is 0 Å². The summed E-state index contributed by atoms with van der Waals surface area (Å²) in [6.45, 7) is 0.249. The summed E-state index contributed by atoms with van der Waals surface area (Å²) < 4.78 is 31.2. The van der Waals surface area contributed by atoms with Gasteiger partial charge in [0.1, 0.15) is 0 Å². The second kappa shape index (κ2) is 2.41. The molecule has 0 aromatic carbocycles. The van der Waals surface area contributed by atoms with Gasteiger partial charge >= 0.3 is 5.97 Å². The van der Waals surface area contributed by atoms with E-state index in [9.17, 15) is 13.6 Å². The minimum atomic E-state index is -2.93. The van der Waals surface area contributed by atoms with Crippen molar-refractivity contribution in [2.45, 2.75) is 30.8 Å². The Morgan fingerprint density at radius 1 is 1.62 bits per heavy atom. The van der Waals surface area contributed by atoms with Gasteiger partial charge in [0.25, 0.3) is 5.92 Å². The topological polar surface area (TPSA) is 46.5 Å². The zero-order valence-electron chi connectivity index (χ0n) is 6.93. The van der Waals surface area contributed by atoms with Gasteiger partial charge in [-0.05, 0) is 12.8 Å². The molecule has 2 aliphatic rings. The summed E-state index contributed by atoms with van der Waals surface area (Å²) >= 11 is 0. The van der Waals surface area contributed by atoms with E-state index in [0.717, 1.165) is 0 Å². The van der Waals surface area contributed by atoms with Crippen molar-refractivity contribution in [1.82, 2.24) is 0 Å². The molecule has 0 aromatic rings. The average molecular weight is 192 g/mol. The van der Waals surface area contributed by atoms with E-state index in [1.165, 1.54) is 0 Å². The second-order valence-corrected chi connectivity index (χ2v) is 3.63. The Balaban J connectivity index is 2.16. The Labute approximate surface area is 73.7 Å². The number of carboxylic acids is 1. The lowest BCUT2D eigenvalue weighted by molar-refractivity contribution is -0.146. The maximum Gasteiger partial charge on any atom is 0.306 e. The van der Waals surface area contributed by atoms with Gasteiger partial charge in [0.15, 0.2) is 5.60 Å². The molecule has 1 aliphatic heterocycles. The van der Waals surface area contributed by atoms with E-state index in [4.69, 9.17) is 9.84 Å². The van der Waals surface area contributed by atoms with Crippen molar-refractivity contribution >= 4 is 5.97 Å². The molecule has 13 heavy (non-hydrogen) atoms. The van der Waals surface area contributed by atoms with Crippen LogP contribution in [0, 0.1) is 5.92 Å². The maximum atomic E-state index is 13.1. The van der Waals surface area contributed by atoms with Crippen molar-refractivity contribution in [3.05, 3.63) is 0 Å². The third-order valence-electron chi connectivity index (χ3n) is 2.89. The van der Waals surface area contributed by atoms with Gasteiger partial charge in [0, 0.05) is 6.61 Å². The van der Waals surface area contributed by atoms with Crippen LogP contribution in [0.1, 0.15) is 19.3 Å². The number of alkyl halides is 2. The Bertz CT molecular complexity index is 254. The molecule has 2 fully saturated rings. The molecule has 0 bridgehead atoms. The zero-order chi connectivity index (χ0) is 9.69. The summed E-state index contributed by atoms with van der Waals surface area (Å²) in [5.41, 5.74) is -1.67. The third-order valence-corrected chi connectivity index (χ3v) is 2.89. The molecule has 2 atom stereocenters. The van der Waals surface area contributed by atoms with Crippen LogP contribution < -0.4 is 0 Å². The number of carboxylic acid groups (broad SMARTS) is 1. The first-order chi connectivity index (χ1) is 6.01. The molecule has 3 nitrogen and oxygen atoms in total. The van der Waals surface area contributed by atoms with Gasteiger partial charge in [-0.15, -0.1) is 0 Å². The van der Waals surface area contributed by atoms with E-state index in [1.54, 1.807) is 0 Å². The second-order valence-electron chi connectivity index (χ2n) is 3.63. The Morgan fingerprint density at radius 3 is 2.85 bits per heavy atom. The minimum Gasteiger partial charge on any atom is -0.481 e. The highest BCUT2D eigenvalue weighted by Crippen LogP contribution is 2.66. The van der Waals surface area contributed by atoms with Crippen LogP contribution in [0.3, 0.4) is 0 Å². The number of carbonyl (C=O) groups is 1. The molecular weight excluding hydrogens is 182 g/mol. The highest BCUT2D eigenvalue weighted by atomic mass is 19.3. The van der Waals surface area contributed by atoms with Crippen LogP contribution in [0.15, 0.2) is 0 Å². The van der Waals surface area contributed by atoms with Crippen LogP contribution >= 0.6 is 0 Å². The molecule has 2 rings (SSSR count). The molecule has 0 amide bonds. The largest absolute Gasteiger partial charge is 0.481 e. The van der Waals surface area contributed by atoms with Crippen LogP contribution in [0.25, 0.3) is 0 Å². The zero-order valence-corrected chi connectivity index (χ0v) is 6.93. The van der Waals surface area contributed by atoms with Crippen molar-refractivity contribution < 1.29 is 23.4 Å². The average Bonchev–Trinajstić information content (AvgIpc) is 2.48. The number of rotatable bonds is 2. The first-order valence-electron chi connectivity index (χ1n) is 4.24. The smallest absolute Gasteiger partial charge is 0.306 e. The van der Waals surface area contributed by atoms with Crippen molar-refractivity contribution in [2.24, 2.45) is 5.92 Å². The Hall–Kier alpha value is -0.710. The summed E-state index contributed by atoms with van der Waals surface area (Å²) in [5.74, 6) is -5.02. The van der Waals surface area contributed by atoms with E-state index >= 15 is 0 Å². The fourth-order valence-electron chi connectivity index (χ4n) is 2.18. The minimum absolute atomic E-state index is 0.249. The molecule has 5 heteroatoms. The van der Waals surface area contributed by atoms with Crippen LogP contribution in [0.5, 0.6) is 0 Å². The van der Waals surface area contributed by atoms with Crippen LogP contribution in [-0.4, -0.2) is 29.2 Å². The van der Waals surface area contributed by atoms with Crippen molar-refractivity contribution in [3.63, 3.8) is 0 Å². The first kappa shape index (κ1) is 8.87. The van der Waals surface area contributed by atoms with Gasteiger partial charge in [-0.25, -0.2) is 8.78 Å². The fraction of sp³-hybridized carbons (Fsp3) is 0.875. The molecule has 2 unspecified atom stereocenters. The van der Waals surface area contributed by atoms with Gasteiger partial charge < -0.3 is 9.84 Å². The highest BCUT2D eigenvalue weighted by molar-refractivity contribution is 5.70. The highest BCUT2D eigenvalue weighted by Gasteiger charge is 2.82. The normalized spacial score (nSPS) is 40.9. The van der Waals surface area contributed by atoms with Crippen molar-refractivity contribution in [2.75, 3.05) is 6.61 Å². The molecule has 1 N–H and O–H groups in total. The van der Waals surface area contributed by atoms with Gasteiger partial charge in [0.2, 0.25) is 0 Å². The molecule has 0 spiro atoms. The van der Waals surface area contributed by atoms with Gasteiger partial charge in [0.05, 0.1) is 12.3 Å². The van der Waals surface area contributed by atoms with E-state index in [0.29, 0.717) is 12.8 Å². The van der Waals surface area contributed by atoms with Crippen LogP contribution in [0.2, 0.25) is 0 Å². The lowest BCUT2D eigenvalue weighted by Crippen LogP contribution is -2.29. The Kier molecular flexibility index (Phi) is 1.64. The summed E-state index contributed by atoms with van der Waals surface area (Å²) in [6, 6.07) is 0. The first-order valence-corrected chi connectivity index (χ1v) is 4.24. The molecule has 74 valence electrons. The molecule has 1 saturated heterocycles. The standard InChI is InChI=1S/C8H10F2O3/c9-8(10)5-2-1-3-13-7(5,8)4-6(11)12/h5H,1-4H2,(H,11,12). The molecular formula is C8H10F2O3.